The van der Waals surface area contributed by atoms with Gasteiger partial charge in [0.2, 0.25) is 0 Å². The molecule has 0 fully saturated rings. The fourth-order valence-electron chi connectivity index (χ4n) is 1.92. The first-order valence-corrected chi connectivity index (χ1v) is 7.30. The smallest absolute Gasteiger partial charge is 0.150 e. The van der Waals surface area contributed by atoms with E-state index in [0.717, 1.165) is 6.42 Å². The Morgan fingerprint density at radius 2 is 2.00 bits per heavy atom. The molecule has 1 aromatic carbocycles. The van der Waals surface area contributed by atoms with Gasteiger partial charge in [0.15, 0.2) is 0 Å². The highest BCUT2D eigenvalue weighted by atomic mass is 32.1. The van der Waals surface area contributed by atoms with Gasteiger partial charge in [0.05, 0.1) is 0 Å². The van der Waals surface area contributed by atoms with Crippen LogP contribution in [0.1, 0.15) is 10.4 Å². The summed E-state index contributed by atoms with van der Waals surface area (Å²) in [5.74, 6) is -1.30. The second kappa shape index (κ2) is 6.28. The third-order valence-electron chi connectivity index (χ3n) is 2.96. The van der Waals surface area contributed by atoms with E-state index in [1.165, 1.54) is 17.0 Å². The lowest BCUT2D eigenvalue weighted by Crippen LogP contribution is -2.23. The molecule has 0 saturated carbocycles. The predicted octanol–water partition coefficient (Wildman–Crippen LogP) is 3.34. The van der Waals surface area contributed by atoms with Gasteiger partial charge < -0.3 is 10.6 Å². The van der Waals surface area contributed by atoms with Crippen LogP contribution in [0.3, 0.4) is 0 Å². The molecular formula is C14H14F2N2S2. The summed E-state index contributed by atoms with van der Waals surface area (Å²) in [5, 5.41) is 1.98. The molecule has 0 amide bonds. The van der Waals surface area contributed by atoms with Crippen LogP contribution in [-0.4, -0.2) is 18.6 Å². The number of nitrogens with zero attached hydrogens (tertiary/aromatic N) is 1. The van der Waals surface area contributed by atoms with Crippen molar-refractivity contribution in [2.24, 2.45) is 5.73 Å². The number of rotatable bonds is 5. The predicted molar refractivity (Wildman–Crippen MR) is 83.5 cm³/mol. The first-order chi connectivity index (χ1) is 9.49. The molecule has 0 unspecified atom stereocenters. The van der Waals surface area contributed by atoms with E-state index in [-0.39, 0.29) is 16.2 Å². The number of nitrogens with two attached hydrogens (primary N) is 1. The van der Waals surface area contributed by atoms with E-state index in [2.05, 4.69) is 0 Å². The summed E-state index contributed by atoms with van der Waals surface area (Å²) < 4.78 is 28.0. The van der Waals surface area contributed by atoms with Crippen molar-refractivity contribution in [3.8, 4) is 0 Å². The van der Waals surface area contributed by atoms with Crippen LogP contribution in [0.15, 0.2) is 29.6 Å². The van der Waals surface area contributed by atoms with Crippen LogP contribution in [0.2, 0.25) is 0 Å². The number of hydrogen-bond acceptors (Lipinski definition) is 3. The summed E-state index contributed by atoms with van der Waals surface area (Å²) in [6.45, 7) is 0.529. The molecule has 20 heavy (non-hydrogen) atoms. The van der Waals surface area contributed by atoms with Crippen molar-refractivity contribution in [1.29, 1.82) is 0 Å². The van der Waals surface area contributed by atoms with Gasteiger partial charge >= 0.3 is 0 Å². The number of likely N-dealkylation sites (N-methyl/N-ethyl adjacent to an activating group) is 1. The Morgan fingerprint density at radius 3 is 2.50 bits per heavy atom. The van der Waals surface area contributed by atoms with Gasteiger partial charge in [0.1, 0.15) is 22.3 Å². The van der Waals surface area contributed by atoms with Gasteiger partial charge in [-0.15, -0.1) is 11.3 Å². The van der Waals surface area contributed by atoms with E-state index in [9.17, 15) is 8.78 Å². The molecule has 2 aromatic rings. The maximum absolute atomic E-state index is 14.0. The van der Waals surface area contributed by atoms with Crippen LogP contribution in [0.5, 0.6) is 0 Å². The lowest BCUT2D eigenvalue weighted by molar-refractivity contribution is 0.576. The lowest BCUT2D eigenvalue weighted by atomic mass is 10.1. The third kappa shape index (κ3) is 3.32. The van der Waals surface area contributed by atoms with Crippen LogP contribution in [0, 0.1) is 11.6 Å². The highest BCUT2D eigenvalue weighted by molar-refractivity contribution is 7.80. The topological polar surface area (TPSA) is 29.3 Å². The zero-order chi connectivity index (χ0) is 14.7. The second-order valence-electron chi connectivity index (χ2n) is 4.40. The highest BCUT2D eigenvalue weighted by Crippen LogP contribution is 2.24. The molecule has 0 aliphatic carbocycles. The molecule has 0 aliphatic rings. The van der Waals surface area contributed by atoms with E-state index < -0.39 is 11.6 Å². The Morgan fingerprint density at radius 1 is 1.35 bits per heavy atom. The number of thiophene rings is 1. The zero-order valence-electron chi connectivity index (χ0n) is 10.9. The maximum Gasteiger partial charge on any atom is 0.150 e. The minimum atomic E-state index is -0.651. The van der Waals surface area contributed by atoms with Crippen molar-refractivity contribution in [1.82, 2.24) is 0 Å². The number of hydrogen-bond donors (Lipinski definition) is 1. The molecule has 0 spiro atoms. The lowest BCUT2D eigenvalue weighted by Gasteiger charge is -2.20. The van der Waals surface area contributed by atoms with Gasteiger partial charge in [-0.3, -0.25) is 0 Å². The van der Waals surface area contributed by atoms with Crippen molar-refractivity contribution in [3.63, 3.8) is 0 Å². The van der Waals surface area contributed by atoms with E-state index in [4.69, 9.17) is 18.0 Å². The van der Waals surface area contributed by atoms with Crippen molar-refractivity contribution in [3.05, 3.63) is 51.7 Å². The van der Waals surface area contributed by atoms with Gasteiger partial charge in [-0.05, 0) is 30.0 Å². The molecule has 6 heteroatoms. The standard InChI is InChI=1S/C14H14F2N2S2/c1-18(5-4-10-3-2-6-20-10)13-11(15)7-9(14(17)19)8-12(13)16/h2-3,6-8H,4-5H2,1H3,(H2,17,19). The van der Waals surface area contributed by atoms with Crippen molar-refractivity contribution in [2.45, 2.75) is 6.42 Å². The Bertz CT molecular complexity index is 589. The van der Waals surface area contributed by atoms with Crippen LogP contribution < -0.4 is 10.6 Å². The molecule has 0 atom stereocenters. The Hall–Kier alpha value is -1.53. The summed E-state index contributed by atoms with van der Waals surface area (Å²) in [6, 6.07) is 6.30. The van der Waals surface area contributed by atoms with Gasteiger partial charge in [-0.25, -0.2) is 8.78 Å². The summed E-state index contributed by atoms with van der Waals surface area (Å²) in [6.07, 6.45) is 0.740. The van der Waals surface area contributed by atoms with Gasteiger partial charge in [0, 0.05) is 24.0 Å². The summed E-state index contributed by atoms with van der Waals surface area (Å²) in [5.41, 5.74) is 5.53. The Kier molecular flexibility index (Phi) is 4.67. The summed E-state index contributed by atoms with van der Waals surface area (Å²) in [7, 11) is 1.66. The molecule has 2 rings (SSSR count). The van der Waals surface area contributed by atoms with Gasteiger partial charge in [-0.1, -0.05) is 18.3 Å². The molecular weight excluding hydrogens is 298 g/mol. The fraction of sp³-hybridized carbons (Fsp3) is 0.214. The molecule has 0 bridgehead atoms. The minimum absolute atomic E-state index is 0.0180. The molecule has 0 radical (unpaired) electrons. The monoisotopic (exact) mass is 312 g/mol. The van der Waals surface area contributed by atoms with Crippen LogP contribution in [0.4, 0.5) is 14.5 Å². The first-order valence-electron chi connectivity index (χ1n) is 6.01. The van der Waals surface area contributed by atoms with Crippen LogP contribution >= 0.6 is 23.6 Å². The largest absolute Gasteiger partial charge is 0.389 e. The molecule has 1 heterocycles. The van der Waals surface area contributed by atoms with Crippen molar-refractivity contribution < 1.29 is 8.78 Å². The molecule has 0 aliphatic heterocycles. The molecule has 0 saturated heterocycles. The number of halogens is 2. The third-order valence-corrected chi connectivity index (χ3v) is 4.13. The van der Waals surface area contributed by atoms with Gasteiger partial charge in [-0.2, -0.15) is 0 Å². The summed E-state index contributed by atoms with van der Waals surface area (Å²) in [4.78, 5) is 2.72. The highest BCUT2D eigenvalue weighted by Gasteiger charge is 2.16. The molecule has 106 valence electrons. The number of anilines is 1. The Balaban J connectivity index is 2.17. The van der Waals surface area contributed by atoms with Gasteiger partial charge in [0.25, 0.3) is 0 Å². The normalized spacial score (nSPS) is 10.6. The molecule has 1 aromatic heterocycles. The van der Waals surface area contributed by atoms with Crippen molar-refractivity contribution in [2.75, 3.05) is 18.5 Å². The summed E-state index contributed by atoms with van der Waals surface area (Å²) >= 11 is 6.35. The SMILES string of the molecule is CN(CCc1cccs1)c1c(F)cc(C(N)=S)cc1F. The Labute approximate surface area is 125 Å². The average molecular weight is 312 g/mol. The van der Waals surface area contributed by atoms with E-state index >= 15 is 0 Å². The molecule has 2 nitrogen and oxygen atoms in total. The first kappa shape index (κ1) is 14.9. The number of thiocarbonyl (C=S) groups is 1. The minimum Gasteiger partial charge on any atom is -0.389 e. The molecule has 2 N–H and O–H groups in total. The zero-order valence-corrected chi connectivity index (χ0v) is 12.5. The van der Waals surface area contributed by atoms with E-state index in [0.29, 0.717) is 6.54 Å². The van der Waals surface area contributed by atoms with Crippen molar-refractivity contribution >= 4 is 34.2 Å². The van der Waals surface area contributed by atoms with Crippen LogP contribution in [-0.2, 0) is 6.42 Å². The maximum atomic E-state index is 14.0. The van der Waals surface area contributed by atoms with Crippen LogP contribution in [0.25, 0.3) is 0 Å². The van der Waals surface area contributed by atoms with E-state index in [1.807, 2.05) is 17.5 Å². The number of benzene rings is 1. The second-order valence-corrected chi connectivity index (χ2v) is 5.88. The average Bonchev–Trinajstić information content (AvgIpc) is 2.88. The fourth-order valence-corrected chi connectivity index (χ4v) is 2.73. The van der Waals surface area contributed by atoms with E-state index in [1.54, 1.807) is 23.3 Å². The quantitative estimate of drug-likeness (QED) is 0.859.